The summed E-state index contributed by atoms with van der Waals surface area (Å²) < 4.78 is 70.8. The van der Waals surface area contributed by atoms with E-state index in [1.54, 1.807) is 0 Å². The fraction of sp³-hybridized carbons (Fsp3) is 0.235. The molecule has 0 spiro atoms. The van der Waals surface area contributed by atoms with Crippen molar-refractivity contribution in [3.63, 3.8) is 0 Å². The molecule has 26 heavy (non-hydrogen) atoms. The number of benzene rings is 2. The third-order valence-electron chi connectivity index (χ3n) is 3.68. The van der Waals surface area contributed by atoms with E-state index >= 15 is 0 Å². The Balaban J connectivity index is 2.25. The Labute approximate surface area is 148 Å². The smallest absolute Gasteiger partial charge is 0.326 e. The molecule has 0 aliphatic rings. The van der Waals surface area contributed by atoms with Crippen LogP contribution in [0.4, 0.5) is 18.9 Å². The van der Waals surface area contributed by atoms with Crippen LogP contribution in [0, 0.1) is 13.8 Å². The molecule has 0 aliphatic carbocycles. The SMILES string of the molecule is Cc1cc(NC(=O)Cc2ccccc2C(F)(F)F)cc(C)c1S(=O)(=O)O. The Morgan fingerprint density at radius 3 is 2.15 bits per heavy atom. The van der Waals surface area contributed by atoms with Gasteiger partial charge in [-0.1, -0.05) is 18.2 Å². The number of nitrogens with one attached hydrogen (secondary N) is 1. The van der Waals surface area contributed by atoms with E-state index in [0.29, 0.717) is 0 Å². The van der Waals surface area contributed by atoms with E-state index in [2.05, 4.69) is 5.32 Å². The zero-order valence-corrected chi connectivity index (χ0v) is 14.7. The molecule has 140 valence electrons. The number of carbonyl (C=O) groups is 1. The first-order valence-corrected chi connectivity index (χ1v) is 8.87. The fourth-order valence-corrected chi connectivity index (χ4v) is 3.69. The minimum Gasteiger partial charge on any atom is -0.326 e. The molecule has 0 fully saturated rings. The van der Waals surface area contributed by atoms with Crippen molar-refractivity contribution >= 4 is 21.7 Å². The number of hydrogen-bond acceptors (Lipinski definition) is 3. The average Bonchev–Trinajstić information content (AvgIpc) is 2.43. The number of halogens is 3. The van der Waals surface area contributed by atoms with Gasteiger partial charge in [-0.25, -0.2) is 0 Å². The standard InChI is InChI=1S/C17H16F3NO4S/c1-10-7-13(8-11(2)16(10)26(23,24)25)21-15(22)9-12-5-3-4-6-14(12)17(18,19)20/h3-8H,9H2,1-2H3,(H,21,22)(H,23,24,25). The summed E-state index contributed by atoms with van der Waals surface area (Å²) in [5.74, 6) is -0.680. The normalized spacial score (nSPS) is 12.1. The van der Waals surface area contributed by atoms with Crippen LogP contribution in [0.15, 0.2) is 41.3 Å². The number of carbonyl (C=O) groups excluding carboxylic acids is 1. The van der Waals surface area contributed by atoms with Crippen molar-refractivity contribution in [1.29, 1.82) is 0 Å². The lowest BCUT2D eigenvalue weighted by Gasteiger charge is -2.14. The molecule has 2 aromatic carbocycles. The Kier molecular flexibility index (Phi) is 5.43. The summed E-state index contributed by atoms with van der Waals surface area (Å²) >= 11 is 0. The molecule has 0 radical (unpaired) electrons. The first-order chi connectivity index (χ1) is 11.9. The van der Waals surface area contributed by atoms with Crippen LogP contribution in [0.5, 0.6) is 0 Å². The third kappa shape index (κ3) is 4.61. The monoisotopic (exact) mass is 387 g/mol. The lowest BCUT2D eigenvalue weighted by Crippen LogP contribution is -2.18. The zero-order valence-electron chi connectivity index (χ0n) is 13.9. The van der Waals surface area contributed by atoms with Crippen molar-refractivity contribution in [2.75, 3.05) is 5.32 Å². The van der Waals surface area contributed by atoms with E-state index < -0.39 is 34.2 Å². The largest absolute Gasteiger partial charge is 0.416 e. The molecule has 0 unspecified atom stereocenters. The van der Waals surface area contributed by atoms with Gasteiger partial charge >= 0.3 is 6.18 Å². The highest BCUT2D eigenvalue weighted by atomic mass is 32.2. The van der Waals surface area contributed by atoms with Gasteiger partial charge in [0, 0.05) is 5.69 Å². The molecule has 9 heteroatoms. The summed E-state index contributed by atoms with van der Waals surface area (Å²) in [5.41, 5.74) is -0.413. The summed E-state index contributed by atoms with van der Waals surface area (Å²) in [6, 6.07) is 7.42. The van der Waals surface area contributed by atoms with Crippen LogP contribution >= 0.6 is 0 Å². The maximum atomic E-state index is 13.0. The minimum absolute atomic E-state index is 0.166. The van der Waals surface area contributed by atoms with Crippen molar-refractivity contribution < 1.29 is 30.9 Å². The van der Waals surface area contributed by atoms with Gasteiger partial charge in [-0.05, 0) is 48.7 Å². The van der Waals surface area contributed by atoms with Gasteiger partial charge in [-0.3, -0.25) is 9.35 Å². The van der Waals surface area contributed by atoms with Crippen LogP contribution < -0.4 is 5.32 Å². The molecule has 2 aromatic rings. The number of aryl methyl sites for hydroxylation is 2. The molecule has 0 heterocycles. The molecule has 0 saturated heterocycles. The van der Waals surface area contributed by atoms with E-state index in [1.165, 1.54) is 44.2 Å². The molecule has 0 atom stereocenters. The van der Waals surface area contributed by atoms with Gasteiger partial charge in [0.25, 0.3) is 10.1 Å². The third-order valence-corrected chi connectivity index (χ3v) is 4.84. The Morgan fingerprint density at radius 1 is 1.12 bits per heavy atom. The van der Waals surface area contributed by atoms with Gasteiger partial charge in [0.15, 0.2) is 0 Å². The second-order valence-corrected chi connectivity index (χ2v) is 7.15. The van der Waals surface area contributed by atoms with Crippen LogP contribution in [0.3, 0.4) is 0 Å². The lowest BCUT2D eigenvalue weighted by atomic mass is 10.0. The molecule has 1 amide bonds. The number of amides is 1. The summed E-state index contributed by atoms with van der Waals surface area (Å²) in [6.07, 6.45) is -5.06. The van der Waals surface area contributed by atoms with Gasteiger partial charge < -0.3 is 5.32 Å². The molecule has 0 aromatic heterocycles. The Morgan fingerprint density at radius 2 is 1.65 bits per heavy atom. The molecular formula is C17H16F3NO4S. The Bertz CT molecular complexity index is 930. The lowest BCUT2D eigenvalue weighted by molar-refractivity contribution is -0.138. The second kappa shape index (κ2) is 7.08. The van der Waals surface area contributed by atoms with Crippen LogP contribution in [-0.2, 0) is 27.5 Å². The number of hydrogen-bond donors (Lipinski definition) is 2. The van der Waals surface area contributed by atoms with Crippen molar-refractivity contribution in [3.8, 4) is 0 Å². The molecule has 2 N–H and O–H groups in total. The maximum Gasteiger partial charge on any atom is 0.416 e. The zero-order chi connectivity index (χ0) is 19.7. The van der Waals surface area contributed by atoms with Crippen molar-refractivity contribution in [3.05, 3.63) is 58.7 Å². The predicted octanol–water partition coefficient (Wildman–Crippen LogP) is 3.75. The van der Waals surface area contributed by atoms with Crippen molar-refractivity contribution in [2.24, 2.45) is 0 Å². The van der Waals surface area contributed by atoms with Crippen molar-refractivity contribution in [1.82, 2.24) is 0 Å². The molecule has 2 rings (SSSR count). The van der Waals surface area contributed by atoms with E-state index in [9.17, 15) is 30.9 Å². The summed E-state index contributed by atoms with van der Waals surface area (Å²) in [5, 5.41) is 2.45. The van der Waals surface area contributed by atoms with Gasteiger partial charge in [0.2, 0.25) is 5.91 Å². The van der Waals surface area contributed by atoms with Crippen LogP contribution in [0.1, 0.15) is 22.3 Å². The average molecular weight is 387 g/mol. The highest BCUT2D eigenvalue weighted by Crippen LogP contribution is 2.32. The fourth-order valence-electron chi connectivity index (χ4n) is 2.76. The van der Waals surface area contributed by atoms with Crippen molar-refractivity contribution in [2.45, 2.75) is 31.3 Å². The molecule has 0 bridgehead atoms. The van der Waals surface area contributed by atoms with Gasteiger partial charge in [0.1, 0.15) is 0 Å². The van der Waals surface area contributed by atoms with Gasteiger partial charge in [0.05, 0.1) is 16.9 Å². The Hall–Kier alpha value is -2.39. The first-order valence-electron chi connectivity index (χ1n) is 7.43. The van der Waals surface area contributed by atoms with E-state index in [-0.39, 0.29) is 27.3 Å². The number of anilines is 1. The van der Waals surface area contributed by atoms with E-state index in [4.69, 9.17) is 0 Å². The second-order valence-electron chi connectivity index (χ2n) is 5.79. The number of alkyl halides is 3. The molecule has 5 nitrogen and oxygen atoms in total. The van der Waals surface area contributed by atoms with E-state index in [1.807, 2.05) is 0 Å². The number of rotatable bonds is 4. The predicted molar refractivity (Wildman–Crippen MR) is 89.5 cm³/mol. The van der Waals surface area contributed by atoms with E-state index in [0.717, 1.165) is 6.07 Å². The van der Waals surface area contributed by atoms with Crippen LogP contribution in [0.2, 0.25) is 0 Å². The van der Waals surface area contributed by atoms with Crippen LogP contribution in [0.25, 0.3) is 0 Å². The molecular weight excluding hydrogens is 371 g/mol. The summed E-state index contributed by atoms with van der Waals surface area (Å²) in [6.45, 7) is 2.87. The maximum absolute atomic E-state index is 13.0. The minimum atomic E-state index is -4.57. The van der Waals surface area contributed by atoms with Crippen LogP contribution in [-0.4, -0.2) is 18.9 Å². The molecule has 0 saturated carbocycles. The highest BCUT2D eigenvalue weighted by molar-refractivity contribution is 7.86. The van der Waals surface area contributed by atoms with Gasteiger partial charge in [-0.15, -0.1) is 0 Å². The quantitative estimate of drug-likeness (QED) is 0.783. The summed E-state index contributed by atoms with van der Waals surface area (Å²) in [7, 11) is -4.42. The topological polar surface area (TPSA) is 83.5 Å². The summed E-state index contributed by atoms with van der Waals surface area (Å²) in [4.78, 5) is 11.9. The van der Waals surface area contributed by atoms with Gasteiger partial charge in [-0.2, -0.15) is 21.6 Å². The first kappa shape index (κ1) is 19.9. The molecule has 0 aliphatic heterocycles. The highest BCUT2D eigenvalue weighted by Gasteiger charge is 2.33.